The first-order valence-corrected chi connectivity index (χ1v) is 16.2. The summed E-state index contributed by atoms with van der Waals surface area (Å²) in [5.74, 6) is 0.826. The molecule has 2 aliphatic heterocycles. The highest BCUT2D eigenvalue weighted by molar-refractivity contribution is 7.89. The van der Waals surface area contributed by atoms with Gasteiger partial charge in [0.1, 0.15) is 11.0 Å². The number of aromatic nitrogens is 1. The van der Waals surface area contributed by atoms with Crippen molar-refractivity contribution in [2.75, 3.05) is 13.7 Å². The van der Waals surface area contributed by atoms with Gasteiger partial charge in [0.2, 0.25) is 15.9 Å². The molecule has 2 N–H and O–H groups in total. The number of pyridine rings is 1. The number of aliphatic hydroxyl groups is 1. The third kappa shape index (κ3) is 3.63. The fourth-order valence-electron chi connectivity index (χ4n) is 8.28. The molecule has 44 heavy (non-hydrogen) atoms. The number of hydrogen-bond donors (Lipinski definition) is 2. The van der Waals surface area contributed by atoms with Crippen LogP contribution >= 0.6 is 0 Å². The van der Waals surface area contributed by atoms with Crippen molar-refractivity contribution in [3.63, 3.8) is 0 Å². The van der Waals surface area contributed by atoms with E-state index in [4.69, 9.17) is 13.9 Å². The normalized spacial score (nSPS) is 28.9. The van der Waals surface area contributed by atoms with Crippen LogP contribution in [0.4, 0.5) is 0 Å². The van der Waals surface area contributed by atoms with Gasteiger partial charge in [0.25, 0.3) is 0 Å². The first-order chi connectivity index (χ1) is 21.3. The molecule has 5 atom stereocenters. The molecule has 11 heteroatoms. The molecule has 2 fully saturated rings. The maximum absolute atomic E-state index is 14.5. The Morgan fingerprint density at radius 3 is 2.86 bits per heavy atom. The van der Waals surface area contributed by atoms with Crippen molar-refractivity contribution >= 4 is 32.9 Å². The summed E-state index contributed by atoms with van der Waals surface area (Å²) < 4.78 is 47.8. The number of amides is 1. The summed E-state index contributed by atoms with van der Waals surface area (Å²) in [6, 6.07) is 13.1. The summed E-state index contributed by atoms with van der Waals surface area (Å²) in [6.07, 6.45) is 8.50. The molecule has 2 bridgehead atoms. The summed E-state index contributed by atoms with van der Waals surface area (Å²) in [4.78, 5) is 17.6. The lowest BCUT2D eigenvalue weighted by molar-refractivity contribution is -0.177. The van der Waals surface area contributed by atoms with E-state index in [0.29, 0.717) is 36.3 Å². The summed E-state index contributed by atoms with van der Waals surface area (Å²) in [5.41, 5.74) is 0.573. The Morgan fingerprint density at radius 1 is 1.18 bits per heavy atom. The number of hydrogen-bond acceptors (Lipinski definition) is 8. The fourth-order valence-corrected chi connectivity index (χ4v) is 10.1. The highest BCUT2D eigenvalue weighted by atomic mass is 32.2. The van der Waals surface area contributed by atoms with Crippen LogP contribution in [0.25, 0.3) is 17.0 Å². The second-order valence-electron chi connectivity index (χ2n) is 12.0. The topological polar surface area (TPSA) is 131 Å². The molecule has 0 unspecified atom stereocenters. The summed E-state index contributed by atoms with van der Waals surface area (Å²) in [5, 5.41) is 16.7. The van der Waals surface area contributed by atoms with Crippen LogP contribution in [-0.4, -0.2) is 66.2 Å². The molecule has 2 aliphatic carbocycles. The number of carbonyl (C=O) groups is 1. The van der Waals surface area contributed by atoms with E-state index in [0.717, 1.165) is 22.1 Å². The van der Waals surface area contributed by atoms with Gasteiger partial charge in [-0.3, -0.25) is 9.78 Å². The molecule has 4 aliphatic rings. The number of nitrogens with one attached hydrogen (secondary N) is 1. The first-order valence-electron chi connectivity index (χ1n) is 14.7. The highest BCUT2D eigenvalue weighted by Gasteiger charge is 2.74. The largest absolute Gasteiger partial charge is 0.493 e. The minimum absolute atomic E-state index is 0.126. The van der Waals surface area contributed by atoms with Crippen LogP contribution in [0.2, 0.25) is 0 Å². The van der Waals surface area contributed by atoms with Crippen molar-refractivity contribution in [2.24, 2.45) is 0 Å². The summed E-state index contributed by atoms with van der Waals surface area (Å²) in [6.45, 7) is 0.176. The van der Waals surface area contributed by atoms with Gasteiger partial charge in [-0.1, -0.05) is 24.3 Å². The Labute approximate surface area is 254 Å². The molecule has 0 radical (unpaired) electrons. The standard InChI is InChI=1S/C33H31N3O7S/c1-41-24-9-8-22-18-26-33(38)13-11-23(35-27(37)10-7-20-12-17-42-19-20)31-32(33,28(22)30(24)43-31)14-16-36(26)44(39,40)25-6-2-4-21-5-3-15-34-29(21)25/h2-10,12,15,17,19,23,26,31,38H,11,13-14,16,18H2,1H3,(H,35,37)/b10-7+/t23-,26-,31+,32+,33-/m0/s1. The number of carbonyl (C=O) groups excluding carboxylic acids is 1. The molecule has 1 saturated heterocycles. The maximum atomic E-state index is 14.5. The fraction of sp³-hybridized carbons (Fsp3) is 0.333. The number of methoxy groups -OCH3 is 1. The minimum Gasteiger partial charge on any atom is -0.493 e. The average molecular weight is 614 g/mol. The van der Waals surface area contributed by atoms with Crippen LogP contribution in [0.5, 0.6) is 11.5 Å². The molecule has 1 spiro atoms. The van der Waals surface area contributed by atoms with Crippen molar-refractivity contribution < 1.29 is 32.2 Å². The average Bonchev–Trinajstić information content (AvgIpc) is 3.67. The number of nitrogens with zero attached hydrogens (tertiary/aromatic N) is 2. The van der Waals surface area contributed by atoms with E-state index in [9.17, 15) is 18.3 Å². The Kier molecular flexibility index (Phi) is 6.00. The number of furan rings is 1. The predicted molar refractivity (Wildman–Crippen MR) is 161 cm³/mol. The van der Waals surface area contributed by atoms with E-state index >= 15 is 0 Å². The molecular formula is C33H31N3O7S. The van der Waals surface area contributed by atoms with Gasteiger partial charge in [0.05, 0.1) is 48.3 Å². The number of fused-ring (bicyclic) bond motifs is 1. The van der Waals surface area contributed by atoms with E-state index in [-0.39, 0.29) is 23.8 Å². The van der Waals surface area contributed by atoms with E-state index < -0.39 is 39.2 Å². The van der Waals surface area contributed by atoms with Gasteiger partial charge < -0.3 is 24.3 Å². The van der Waals surface area contributed by atoms with Crippen LogP contribution in [0.1, 0.15) is 36.0 Å². The molecule has 4 aromatic rings. The second-order valence-corrected chi connectivity index (χ2v) is 13.9. The van der Waals surface area contributed by atoms with Crippen molar-refractivity contribution in [3.8, 4) is 11.5 Å². The van der Waals surface area contributed by atoms with E-state index in [1.54, 1.807) is 49.9 Å². The van der Waals surface area contributed by atoms with Crippen molar-refractivity contribution in [2.45, 2.75) is 59.8 Å². The van der Waals surface area contributed by atoms with Crippen molar-refractivity contribution in [1.29, 1.82) is 0 Å². The Bertz CT molecular complexity index is 1940. The molecule has 226 valence electrons. The molecule has 2 aromatic heterocycles. The lowest BCUT2D eigenvalue weighted by Crippen LogP contribution is -2.78. The highest BCUT2D eigenvalue weighted by Crippen LogP contribution is 2.66. The number of sulfonamides is 1. The molecule has 1 amide bonds. The van der Waals surface area contributed by atoms with Gasteiger partial charge in [-0.15, -0.1) is 0 Å². The number of piperidine rings is 1. The van der Waals surface area contributed by atoms with Crippen molar-refractivity contribution in [1.82, 2.24) is 14.6 Å². The Morgan fingerprint density at radius 2 is 2.05 bits per heavy atom. The van der Waals surface area contributed by atoms with E-state index in [1.807, 2.05) is 24.3 Å². The molecule has 2 aromatic carbocycles. The number of rotatable bonds is 6. The molecule has 10 nitrogen and oxygen atoms in total. The predicted octanol–water partition coefficient (Wildman–Crippen LogP) is 3.58. The molecule has 4 heterocycles. The second kappa shape index (κ2) is 9.65. The van der Waals surface area contributed by atoms with E-state index in [1.165, 1.54) is 16.6 Å². The number of ether oxygens (including phenoxy) is 2. The van der Waals surface area contributed by atoms with E-state index in [2.05, 4.69) is 10.3 Å². The van der Waals surface area contributed by atoms with Crippen molar-refractivity contribution in [3.05, 3.63) is 90.0 Å². The SMILES string of the molecule is COc1ccc2c3c1O[C@@H]1[C@@H](NC(=O)/C=C/c4ccoc4)CC[C@]4(O)[C@H](C2)N(S(=O)(=O)c2cccc5cccnc25)CC[C@@]314. The molecule has 8 rings (SSSR count). The van der Waals surface area contributed by atoms with Crippen LogP contribution in [0, 0.1) is 0 Å². The van der Waals surface area contributed by atoms with Gasteiger partial charge in [0.15, 0.2) is 11.5 Å². The monoisotopic (exact) mass is 613 g/mol. The molecule has 1 saturated carbocycles. The van der Waals surface area contributed by atoms with Gasteiger partial charge in [-0.05, 0) is 61.6 Å². The molecular weight excluding hydrogens is 582 g/mol. The first kappa shape index (κ1) is 27.4. The third-order valence-corrected chi connectivity index (χ3v) is 12.0. The van der Waals surface area contributed by atoms with Crippen LogP contribution < -0.4 is 14.8 Å². The van der Waals surface area contributed by atoms with Crippen LogP contribution in [0.3, 0.4) is 0 Å². The minimum atomic E-state index is -4.05. The lowest BCUT2D eigenvalue weighted by atomic mass is 9.48. The number of para-hydroxylation sites is 1. The summed E-state index contributed by atoms with van der Waals surface area (Å²) >= 11 is 0. The van der Waals surface area contributed by atoms with Gasteiger partial charge in [0, 0.05) is 35.3 Å². The zero-order chi connectivity index (χ0) is 30.3. The van der Waals surface area contributed by atoms with Gasteiger partial charge in [-0.25, -0.2) is 8.42 Å². The van der Waals surface area contributed by atoms with Crippen LogP contribution in [-0.2, 0) is 26.7 Å². The third-order valence-electron chi connectivity index (χ3n) is 10.1. The quantitative estimate of drug-likeness (QED) is 0.316. The Hall–Kier alpha value is -4.19. The zero-order valence-electron chi connectivity index (χ0n) is 24.0. The number of benzene rings is 2. The maximum Gasteiger partial charge on any atom is 0.245 e. The van der Waals surface area contributed by atoms with Gasteiger partial charge >= 0.3 is 0 Å². The zero-order valence-corrected chi connectivity index (χ0v) is 24.8. The van der Waals surface area contributed by atoms with Crippen LogP contribution in [0.15, 0.2) is 82.6 Å². The Balaban J connectivity index is 1.21. The summed E-state index contributed by atoms with van der Waals surface area (Å²) in [7, 11) is -2.47. The lowest BCUT2D eigenvalue weighted by Gasteiger charge is -2.63. The smallest absolute Gasteiger partial charge is 0.245 e. The van der Waals surface area contributed by atoms with Gasteiger partial charge in [-0.2, -0.15) is 4.31 Å².